The Morgan fingerprint density at radius 1 is 0.430 bits per heavy atom. The molecule has 29 nitrogen and oxygen atoms in total. The van der Waals surface area contributed by atoms with Gasteiger partial charge < -0.3 is 84.8 Å². The van der Waals surface area contributed by atoms with Crippen LogP contribution in [-0.2, 0) is 61.2 Å². The van der Waals surface area contributed by atoms with Crippen LogP contribution in [0.1, 0.15) is 97.6 Å². The highest BCUT2D eigenvalue weighted by Crippen LogP contribution is 2.22. The Morgan fingerprint density at radius 3 is 1.16 bits per heavy atom. The van der Waals surface area contributed by atoms with E-state index in [0.29, 0.717) is 28.4 Å². The first-order valence-corrected chi connectivity index (χ1v) is 24.0. The molecule has 8 amide bonds. The van der Waals surface area contributed by atoms with Gasteiger partial charge in [0.25, 0.3) is 41.4 Å². The summed E-state index contributed by atoms with van der Waals surface area (Å²) in [7, 11) is 13.0. The van der Waals surface area contributed by atoms with Gasteiger partial charge in [-0.1, -0.05) is 0 Å². The van der Waals surface area contributed by atoms with Gasteiger partial charge in [-0.15, -0.1) is 0 Å². The van der Waals surface area contributed by atoms with Crippen LogP contribution in [0.25, 0.3) is 0 Å². The van der Waals surface area contributed by atoms with E-state index in [9.17, 15) is 43.2 Å². The second-order valence-corrected chi connectivity index (χ2v) is 18.5. The highest BCUT2D eigenvalue weighted by Gasteiger charge is 2.24. The first kappa shape index (κ1) is 54.7. The standard InChI is InChI=1S/C50H56N20O9/c1-26(71)33-14-27(19-64(33)3)54-45(74)35-16-29(21-66(35)5)56-47(76)37-18-30(22-68(37)7)57-49(78)41-59-38(24-69(41)8)61-43(72)32(51)10-11-53-44(73)34-15-28(20-65(34)4)55-46(75)36-17-31(23-67(36)6)58-50(79)42-60-39(25-70(42)9)62-48(77)40-52-12-13-63(40)2/h12-25,32H,10-11,51H2,1-9H3,(H,53,73)(H,54,74)(H,55,75)(H,56,76)(H,57,78)(H,58,79)(H,61,72)(H,62,77)/t32-/m1/s1. The molecule has 0 bridgehead atoms. The van der Waals surface area contributed by atoms with Crippen molar-refractivity contribution in [3.8, 4) is 0 Å². The van der Waals surface area contributed by atoms with Crippen molar-refractivity contribution in [1.82, 2.24) is 56.8 Å². The van der Waals surface area contributed by atoms with Crippen molar-refractivity contribution in [3.05, 3.63) is 132 Å². The largest absolute Gasteiger partial charge is 0.351 e. The van der Waals surface area contributed by atoms with E-state index in [1.807, 2.05) is 0 Å². The first-order chi connectivity index (χ1) is 37.4. The number of nitrogens with one attached hydrogen (secondary N) is 8. The number of ketones is 1. The molecule has 0 radical (unpaired) electrons. The predicted molar refractivity (Wildman–Crippen MR) is 288 cm³/mol. The van der Waals surface area contributed by atoms with Gasteiger partial charge in [0.05, 0.1) is 40.2 Å². The lowest BCUT2D eigenvalue weighted by Crippen LogP contribution is -2.39. The summed E-state index contributed by atoms with van der Waals surface area (Å²) in [6.07, 6.45) is 13.8. The van der Waals surface area contributed by atoms with Crippen LogP contribution in [0.4, 0.5) is 40.1 Å². The number of nitrogens with zero attached hydrogens (tertiary/aromatic N) is 11. The Balaban J connectivity index is 0.779. The third kappa shape index (κ3) is 12.3. The van der Waals surface area contributed by atoms with Gasteiger partial charge in [0, 0.05) is 126 Å². The van der Waals surface area contributed by atoms with Gasteiger partial charge in [-0.25, -0.2) is 15.0 Å². The number of Topliss-reactive ketones (excluding diaryl/α,β-unsaturated/α-hetero) is 1. The summed E-state index contributed by atoms with van der Waals surface area (Å²) in [5.74, 6) is -4.34. The summed E-state index contributed by atoms with van der Waals surface area (Å²) in [6.45, 7) is 1.42. The van der Waals surface area contributed by atoms with E-state index in [-0.39, 0.29) is 76.3 Å². The van der Waals surface area contributed by atoms with Crippen LogP contribution in [0.3, 0.4) is 0 Å². The van der Waals surface area contributed by atoms with Crippen LogP contribution in [0.5, 0.6) is 0 Å². The molecular weight excluding hydrogens is 1020 g/mol. The van der Waals surface area contributed by atoms with E-state index in [2.05, 4.69) is 57.5 Å². The molecule has 8 heterocycles. The van der Waals surface area contributed by atoms with Crippen LogP contribution in [0, 0.1) is 0 Å². The molecule has 8 aromatic heterocycles. The van der Waals surface area contributed by atoms with Crippen molar-refractivity contribution in [1.29, 1.82) is 0 Å². The number of hydrogen-bond acceptors (Lipinski definition) is 13. The first-order valence-electron chi connectivity index (χ1n) is 24.0. The van der Waals surface area contributed by atoms with Crippen LogP contribution in [0.2, 0.25) is 0 Å². The van der Waals surface area contributed by atoms with Gasteiger partial charge in [0.15, 0.2) is 23.2 Å². The molecule has 0 saturated carbocycles. The summed E-state index contributed by atoms with van der Waals surface area (Å²) in [4.78, 5) is 130. The number of aryl methyl sites for hydroxylation is 8. The van der Waals surface area contributed by atoms with Crippen LogP contribution in [-0.4, -0.2) is 117 Å². The molecule has 79 heavy (non-hydrogen) atoms. The van der Waals surface area contributed by atoms with E-state index in [0.717, 1.165) is 0 Å². The van der Waals surface area contributed by atoms with Crippen molar-refractivity contribution >= 4 is 93.1 Å². The lowest BCUT2D eigenvalue weighted by Gasteiger charge is -2.11. The molecule has 8 aromatic rings. The molecule has 10 N–H and O–H groups in total. The average molecular weight is 1080 g/mol. The molecule has 0 spiro atoms. The SMILES string of the molecule is CC(=O)c1cc(NC(=O)c2cc(NC(=O)c3cc(NC(=O)c4nc(NC(=O)[C@H](N)CCNC(=O)c5cc(NC(=O)c6cc(NC(=O)c7nc(NC(=O)c8nccn8C)cn7C)cn6C)cn5C)cn4C)cn3C)cn2C)cn1C. The minimum atomic E-state index is -1.10. The van der Waals surface area contributed by atoms with Gasteiger partial charge in [0.1, 0.15) is 22.8 Å². The second kappa shape index (κ2) is 22.3. The summed E-state index contributed by atoms with van der Waals surface area (Å²) in [6, 6.07) is 6.35. The fourth-order valence-electron chi connectivity index (χ4n) is 8.39. The molecule has 0 unspecified atom stereocenters. The maximum absolute atomic E-state index is 13.4. The maximum atomic E-state index is 13.4. The lowest BCUT2D eigenvalue weighted by atomic mass is 10.2. The monoisotopic (exact) mass is 1080 g/mol. The number of amides is 8. The summed E-state index contributed by atoms with van der Waals surface area (Å²) in [5, 5.41) is 21.6. The number of hydrogen-bond donors (Lipinski definition) is 9. The van der Waals surface area contributed by atoms with E-state index in [1.54, 1.807) is 85.6 Å². The highest BCUT2D eigenvalue weighted by molar-refractivity contribution is 6.10. The molecule has 0 saturated heterocycles. The molecule has 410 valence electrons. The molecule has 1 atom stereocenters. The van der Waals surface area contributed by atoms with Crippen LogP contribution < -0.4 is 48.3 Å². The number of nitrogens with two attached hydrogens (primary N) is 1. The number of carbonyl (C=O) groups excluding carboxylic acids is 9. The fourth-order valence-corrected chi connectivity index (χ4v) is 8.39. The third-order valence-electron chi connectivity index (χ3n) is 12.4. The van der Waals surface area contributed by atoms with Crippen molar-refractivity contribution in [2.75, 3.05) is 43.8 Å². The summed E-state index contributed by atoms with van der Waals surface area (Å²) in [5.41, 5.74) is 9.00. The van der Waals surface area contributed by atoms with Crippen molar-refractivity contribution < 1.29 is 43.2 Å². The molecular formula is C50H56N20O9. The van der Waals surface area contributed by atoms with E-state index in [1.165, 1.54) is 100 Å². The molecule has 0 fully saturated rings. The topological polar surface area (TPSA) is 354 Å². The van der Waals surface area contributed by atoms with Crippen LogP contribution >= 0.6 is 0 Å². The minimum Gasteiger partial charge on any atom is -0.351 e. The second-order valence-electron chi connectivity index (χ2n) is 18.5. The van der Waals surface area contributed by atoms with E-state index < -0.39 is 53.3 Å². The molecule has 29 heteroatoms. The highest BCUT2D eigenvalue weighted by atomic mass is 16.2. The molecule has 0 aromatic carbocycles. The van der Waals surface area contributed by atoms with E-state index in [4.69, 9.17) is 5.73 Å². The minimum absolute atomic E-state index is 0.00659. The molecule has 0 aliphatic rings. The Kier molecular flexibility index (Phi) is 15.5. The van der Waals surface area contributed by atoms with Gasteiger partial charge in [-0.05, 0) is 36.8 Å². The van der Waals surface area contributed by atoms with Crippen molar-refractivity contribution in [2.45, 2.75) is 19.4 Å². The maximum Gasteiger partial charge on any atom is 0.292 e. The molecule has 0 aliphatic heterocycles. The van der Waals surface area contributed by atoms with Crippen molar-refractivity contribution in [3.63, 3.8) is 0 Å². The van der Waals surface area contributed by atoms with Gasteiger partial charge in [-0.3, -0.25) is 43.2 Å². The number of anilines is 7. The smallest absolute Gasteiger partial charge is 0.292 e. The fraction of sp³-hybridized carbons (Fsp3) is 0.240. The Hall–Kier alpha value is -10.6. The number of aromatic nitrogens is 11. The van der Waals surface area contributed by atoms with Crippen molar-refractivity contribution in [2.24, 2.45) is 62.1 Å². The quantitative estimate of drug-likeness (QED) is 0.0526. The van der Waals surface area contributed by atoms with Gasteiger partial charge in [-0.2, -0.15) is 0 Å². The molecule has 8 rings (SSSR count). The average Bonchev–Trinajstić information content (AvgIpc) is 4.27. The number of rotatable bonds is 19. The van der Waals surface area contributed by atoms with E-state index >= 15 is 0 Å². The van der Waals surface area contributed by atoms with Gasteiger partial charge in [0.2, 0.25) is 17.6 Å². The van der Waals surface area contributed by atoms with Gasteiger partial charge >= 0.3 is 0 Å². The zero-order chi connectivity index (χ0) is 57.1. The summed E-state index contributed by atoms with van der Waals surface area (Å²) < 4.78 is 12.0. The predicted octanol–water partition coefficient (Wildman–Crippen LogP) is 2.38. The molecule has 0 aliphatic carbocycles. The summed E-state index contributed by atoms with van der Waals surface area (Å²) >= 11 is 0. The van der Waals surface area contributed by atoms with Crippen LogP contribution in [0.15, 0.2) is 86.1 Å². The Bertz CT molecular complexity index is 3750. The third-order valence-corrected chi connectivity index (χ3v) is 12.4. The normalized spacial score (nSPS) is 11.4. The number of imidazole rings is 3. The Labute approximate surface area is 449 Å². The number of carbonyl (C=O) groups is 9. The Morgan fingerprint density at radius 2 is 0.785 bits per heavy atom. The lowest BCUT2D eigenvalue weighted by molar-refractivity contribution is -0.117. The zero-order valence-corrected chi connectivity index (χ0v) is 44.2. The zero-order valence-electron chi connectivity index (χ0n) is 44.2.